The van der Waals surface area contributed by atoms with E-state index in [4.69, 9.17) is 17.3 Å². The lowest BCUT2D eigenvalue weighted by atomic mass is 10.3. The first kappa shape index (κ1) is 10.9. The Morgan fingerprint density at radius 1 is 1.44 bits per heavy atom. The summed E-state index contributed by atoms with van der Waals surface area (Å²) in [5.41, 5.74) is 6.47. The van der Waals surface area contributed by atoms with Gasteiger partial charge in [-0.1, -0.05) is 17.7 Å². The van der Waals surface area contributed by atoms with Crippen LogP contribution in [-0.2, 0) is 6.54 Å². The number of benzene rings is 1. The zero-order valence-corrected chi connectivity index (χ0v) is 9.19. The van der Waals surface area contributed by atoms with E-state index in [1.165, 1.54) is 6.33 Å². The van der Waals surface area contributed by atoms with Gasteiger partial charge in [-0.15, -0.1) is 0 Å². The molecule has 0 radical (unpaired) electrons. The Labute approximate surface area is 97.3 Å². The van der Waals surface area contributed by atoms with E-state index in [0.29, 0.717) is 10.6 Å². The molecular weight excluding hydrogens is 226 g/mol. The van der Waals surface area contributed by atoms with Crippen LogP contribution in [0.25, 0.3) is 5.69 Å². The first-order valence-corrected chi connectivity index (χ1v) is 5.11. The van der Waals surface area contributed by atoms with Crippen LogP contribution in [0.4, 0.5) is 0 Å². The Kier molecular flexibility index (Phi) is 3.03. The quantitative estimate of drug-likeness (QED) is 0.855. The third kappa shape index (κ3) is 2.13. The highest BCUT2D eigenvalue weighted by atomic mass is 35.5. The van der Waals surface area contributed by atoms with Crippen LogP contribution >= 0.6 is 11.6 Å². The van der Waals surface area contributed by atoms with E-state index in [2.05, 4.69) is 4.98 Å². The van der Waals surface area contributed by atoms with Crippen molar-refractivity contribution >= 4 is 11.6 Å². The highest BCUT2D eigenvalue weighted by molar-refractivity contribution is 6.30. The predicted octanol–water partition coefficient (Wildman–Crippen LogP) is 1.34. The summed E-state index contributed by atoms with van der Waals surface area (Å²) in [5.74, 6) is 0. The largest absolute Gasteiger partial charge is 0.326 e. The van der Waals surface area contributed by atoms with Crippen LogP contribution < -0.4 is 11.3 Å². The van der Waals surface area contributed by atoms with E-state index in [9.17, 15) is 4.79 Å². The number of nitrogens with two attached hydrogens (primary N) is 1. The molecule has 0 fully saturated rings. The Morgan fingerprint density at radius 2 is 2.25 bits per heavy atom. The minimum Gasteiger partial charge on any atom is -0.326 e. The summed E-state index contributed by atoms with van der Waals surface area (Å²) in [6.07, 6.45) is 3.12. The van der Waals surface area contributed by atoms with E-state index >= 15 is 0 Å². The number of aromatic nitrogens is 2. The summed E-state index contributed by atoms with van der Waals surface area (Å²) in [6.45, 7) is 0.174. The third-order valence-corrected chi connectivity index (χ3v) is 2.43. The molecule has 1 heterocycles. The van der Waals surface area contributed by atoms with Gasteiger partial charge in [0.1, 0.15) is 6.33 Å². The summed E-state index contributed by atoms with van der Waals surface area (Å²) in [6, 6.07) is 7.27. The number of hydrogen-bond donors (Lipinski definition) is 1. The molecule has 0 aliphatic heterocycles. The molecular formula is C11H10ClN3O. The molecule has 2 rings (SSSR count). The molecule has 0 amide bonds. The molecule has 1 aromatic heterocycles. The average Bonchev–Trinajstić information content (AvgIpc) is 2.29. The first-order valence-electron chi connectivity index (χ1n) is 4.74. The molecule has 0 atom stereocenters. The van der Waals surface area contributed by atoms with Crippen molar-refractivity contribution in [2.45, 2.75) is 6.54 Å². The summed E-state index contributed by atoms with van der Waals surface area (Å²) in [7, 11) is 0. The standard InChI is InChI=1S/C11H10ClN3O/c12-9-2-1-3-10(4-9)15-6-8(5-13)11(16)14-7-15/h1-4,6-7H,5,13H2. The highest BCUT2D eigenvalue weighted by Crippen LogP contribution is 2.13. The van der Waals surface area contributed by atoms with Gasteiger partial charge in [0.05, 0.1) is 0 Å². The molecule has 0 saturated heterocycles. The topological polar surface area (TPSA) is 60.9 Å². The van der Waals surface area contributed by atoms with Gasteiger partial charge in [-0.3, -0.25) is 4.79 Å². The van der Waals surface area contributed by atoms with Gasteiger partial charge in [0, 0.05) is 29.0 Å². The summed E-state index contributed by atoms with van der Waals surface area (Å²) >= 11 is 5.88. The van der Waals surface area contributed by atoms with E-state index in [-0.39, 0.29) is 12.1 Å². The van der Waals surface area contributed by atoms with Crippen molar-refractivity contribution in [1.29, 1.82) is 0 Å². The van der Waals surface area contributed by atoms with Crippen LogP contribution in [0.3, 0.4) is 0 Å². The number of halogens is 1. The molecule has 0 saturated carbocycles. The minimum absolute atomic E-state index is 0.174. The molecule has 4 nitrogen and oxygen atoms in total. The van der Waals surface area contributed by atoms with Crippen molar-refractivity contribution in [3.63, 3.8) is 0 Å². The number of nitrogens with zero attached hydrogens (tertiary/aromatic N) is 2. The lowest BCUT2D eigenvalue weighted by Gasteiger charge is -2.07. The van der Waals surface area contributed by atoms with Gasteiger partial charge in [-0.25, -0.2) is 0 Å². The summed E-state index contributed by atoms with van der Waals surface area (Å²) < 4.78 is 1.72. The maximum absolute atomic E-state index is 11.3. The average molecular weight is 236 g/mol. The van der Waals surface area contributed by atoms with Crippen molar-refractivity contribution in [2.75, 3.05) is 0 Å². The number of rotatable bonds is 2. The summed E-state index contributed by atoms with van der Waals surface area (Å²) in [4.78, 5) is 15.0. The molecule has 0 unspecified atom stereocenters. The van der Waals surface area contributed by atoms with Crippen LogP contribution in [-0.4, -0.2) is 9.55 Å². The zero-order valence-electron chi connectivity index (χ0n) is 8.43. The molecule has 1 aromatic carbocycles. The van der Waals surface area contributed by atoms with Crippen LogP contribution in [0.5, 0.6) is 0 Å². The highest BCUT2D eigenvalue weighted by Gasteiger charge is 2.01. The monoisotopic (exact) mass is 235 g/mol. The Morgan fingerprint density at radius 3 is 2.94 bits per heavy atom. The fourth-order valence-corrected chi connectivity index (χ4v) is 1.56. The second-order valence-electron chi connectivity index (χ2n) is 3.30. The lowest BCUT2D eigenvalue weighted by Crippen LogP contribution is -2.18. The van der Waals surface area contributed by atoms with E-state index in [0.717, 1.165) is 5.69 Å². The Bertz CT molecular complexity index is 565. The predicted molar refractivity (Wildman–Crippen MR) is 62.7 cm³/mol. The van der Waals surface area contributed by atoms with Crippen molar-refractivity contribution in [3.05, 3.63) is 57.7 Å². The zero-order chi connectivity index (χ0) is 11.5. The van der Waals surface area contributed by atoms with E-state index in [1.54, 1.807) is 22.9 Å². The smallest absolute Gasteiger partial charge is 0.277 e. The molecule has 0 aliphatic rings. The normalized spacial score (nSPS) is 10.4. The van der Waals surface area contributed by atoms with Crippen molar-refractivity contribution in [3.8, 4) is 5.69 Å². The third-order valence-electron chi connectivity index (χ3n) is 2.20. The van der Waals surface area contributed by atoms with E-state index < -0.39 is 0 Å². The molecule has 0 spiro atoms. The van der Waals surface area contributed by atoms with Crippen LogP contribution in [0, 0.1) is 0 Å². The van der Waals surface area contributed by atoms with Gasteiger partial charge >= 0.3 is 0 Å². The van der Waals surface area contributed by atoms with Crippen LogP contribution in [0.2, 0.25) is 5.02 Å². The Balaban J connectivity index is 2.52. The summed E-state index contributed by atoms with van der Waals surface area (Å²) in [5, 5.41) is 0.630. The maximum atomic E-state index is 11.3. The molecule has 0 bridgehead atoms. The first-order chi connectivity index (χ1) is 7.70. The van der Waals surface area contributed by atoms with Gasteiger partial charge in [0.25, 0.3) is 5.56 Å². The second-order valence-corrected chi connectivity index (χ2v) is 3.73. The van der Waals surface area contributed by atoms with Gasteiger partial charge in [0.15, 0.2) is 0 Å². The van der Waals surface area contributed by atoms with Crippen LogP contribution in [0.15, 0.2) is 41.6 Å². The van der Waals surface area contributed by atoms with Gasteiger partial charge in [0.2, 0.25) is 0 Å². The van der Waals surface area contributed by atoms with Gasteiger partial charge in [-0.2, -0.15) is 4.98 Å². The van der Waals surface area contributed by atoms with Crippen molar-refractivity contribution in [2.24, 2.45) is 5.73 Å². The maximum Gasteiger partial charge on any atom is 0.277 e. The van der Waals surface area contributed by atoms with Gasteiger partial charge < -0.3 is 10.3 Å². The molecule has 0 aliphatic carbocycles. The lowest BCUT2D eigenvalue weighted by molar-refractivity contribution is 0.899. The second kappa shape index (κ2) is 4.47. The van der Waals surface area contributed by atoms with Crippen molar-refractivity contribution < 1.29 is 0 Å². The molecule has 82 valence electrons. The van der Waals surface area contributed by atoms with E-state index in [1.807, 2.05) is 12.1 Å². The number of hydrogen-bond acceptors (Lipinski definition) is 3. The SMILES string of the molecule is NCc1cn(-c2cccc(Cl)c2)cnc1=O. The molecule has 5 heteroatoms. The Hall–Kier alpha value is -1.65. The molecule has 2 aromatic rings. The fourth-order valence-electron chi connectivity index (χ4n) is 1.37. The molecule has 2 N–H and O–H groups in total. The van der Waals surface area contributed by atoms with Crippen molar-refractivity contribution in [1.82, 2.24) is 9.55 Å². The minimum atomic E-state index is -0.291. The fraction of sp³-hybridized carbons (Fsp3) is 0.0909. The van der Waals surface area contributed by atoms with Crippen LogP contribution in [0.1, 0.15) is 5.56 Å². The molecule has 16 heavy (non-hydrogen) atoms. The van der Waals surface area contributed by atoms with Gasteiger partial charge in [-0.05, 0) is 18.2 Å².